The Morgan fingerprint density at radius 3 is 2.71 bits per heavy atom. The van der Waals surface area contributed by atoms with Gasteiger partial charge in [-0.1, -0.05) is 6.92 Å². The fraction of sp³-hybridized carbons (Fsp3) is 0.909. The van der Waals surface area contributed by atoms with Crippen LogP contribution >= 0.6 is 0 Å². The van der Waals surface area contributed by atoms with Gasteiger partial charge < -0.3 is 10.2 Å². The zero-order valence-electron chi connectivity index (χ0n) is 9.34. The lowest BCUT2D eigenvalue weighted by molar-refractivity contribution is 0.340. The second-order valence-electron chi connectivity index (χ2n) is 4.41. The van der Waals surface area contributed by atoms with Crippen LogP contribution in [0.3, 0.4) is 0 Å². The highest BCUT2D eigenvalue weighted by Crippen LogP contribution is 2.47. The highest BCUT2D eigenvalue weighted by Gasteiger charge is 2.41. The summed E-state index contributed by atoms with van der Waals surface area (Å²) in [6.45, 7) is 6.43. The summed E-state index contributed by atoms with van der Waals surface area (Å²) >= 11 is 0. The molecule has 1 aliphatic carbocycles. The quantitative estimate of drug-likeness (QED) is 0.621. The number of rotatable bonds is 7. The van der Waals surface area contributed by atoms with Crippen molar-refractivity contribution in [2.75, 3.05) is 33.2 Å². The van der Waals surface area contributed by atoms with Gasteiger partial charge in [0.1, 0.15) is 0 Å². The Morgan fingerprint density at radius 1 is 1.50 bits per heavy atom. The van der Waals surface area contributed by atoms with Crippen molar-refractivity contribution in [3.05, 3.63) is 0 Å². The second kappa shape index (κ2) is 5.33. The maximum Gasteiger partial charge on any atom is 0.0628 e. The zero-order valence-corrected chi connectivity index (χ0v) is 9.34. The van der Waals surface area contributed by atoms with Gasteiger partial charge in [-0.15, -0.1) is 0 Å². The monoisotopic (exact) mass is 195 g/mol. The van der Waals surface area contributed by atoms with Crippen LogP contribution in [-0.2, 0) is 0 Å². The molecule has 0 heterocycles. The van der Waals surface area contributed by atoms with Crippen LogP contribution in [0.4, 0.5) is 0 Å². The van der Waals surface area contributed by atoms with Gasteiger partial charge in [0.25, 0.3) is 0 Å². The molecule has 0 atom stereocenters. The maximum atomic E-state index is 8.64. The summed E-state index contributed by atoms with van der Waals surface area (Å²) in [5, 5.41) is 12.1. The van der Waals surface area contributed by atoms with Gasteiger partial charge in [-0.05, 0) is 31.8 Å². The predicted molar refractivity (Wildman–Crippen MR) is 57.9 cm³/mol. The van der Waals surface area contributed by atoms with Crippen molar-refractivity contribution in [2.45, 2.75) is 26.2 Å². The second-order valence-corrected chi connectivity index (χ2v) is 4.41. The standard InChI is InChI=1S/C11H21N3/c1-3-14(2)9-8-13-10-11(4-5-11)6-7-12/h13H,3-6,8-10H2,1-2H3. The van der Waals surface area contributed by atoms with Crippen LogP contribution in [0.25, 0.3) is 0 Å². The number of hydrogen-bond acceptors (Lipinski definition) is 3. The Hall–Kier alpha value is -0.590. The summed E-state index contributed by atoms with van der Waals surface area (Å²) in [6.07, 6.45) is 3.19. The summed E-state index contributed by atoms with van der Waals surface area (Å²) in [5.41, 5.74) is 0.347. The first-order valence-electron chi connectivity index (χ1n) is 5.49. The molecular weight excluding hydrogens is 174 g/mol. The van der Waals surface area contributed by atoms with Crippen LogP contribution in [0.5, 0.6) is 0 Å². The third-order valence-corrected chi connectivity index (χ3v) is 3.12. The molecule has 0 aliphatic heterocycles. The number of nitrogens with zero attached hydrogens (tertiary/aromatic N) is 2. The lowest BCUT2D eigenvalue weighted by Crippen LogP contribution is -2.32. The topological polar surface area (TPSA) is 39.1 Å². The van der Waals surface area contributed by atoms with E-state index < -0.39 is 0 Å². The largest absolute Gasteiger partial charge is 0.315 e. The average molecular weight is 195 g/mol. The SMILES string of the molecule is CCN(C)CCNCC1(CC#N)CC1. The van der Waals surface area contributed by atoms with Gasteiger partial charge in [-0.3, -0.25) is 0 Å². The maximum absolute atomic E-state index is 8.64. The Morgan fingerprint density at radius 2 is 2.21 bits per heavy atom. The number of nitriles is 1. The third-order valence-electron chi connectivity index (χ3n) is 3.12. The summed E-state index contributed by atoms with van der Waals surface area (Å²) in [6, 6.07) is 2.28. The zero-order chi connectivity index (χ0) is 10.4. The molecule has 1 fully saturated rings. The summed E-state index contributed by atoms with van der Waals surface area (Å²) in [7, 11) is 2.13. The molecule has 3 nitrogen and oxygen atoms in total. The van der Waals surface area contributed by atoms with E-state index in [0.717, 1.165) is 32.6 Å². The molecule has 0 spiro atoms. The van der Waals surface area contributed by atoms with Crippen LogP contribution in [0.2, 0.25) is 0 Å². The molecule has 1 aliphatic rings. The first-order valence-corrected chi connectivity index (χ1v) is 5.49. The highest BCUT2D eigenvalue weighted by atomic mass is 15.1. The first-order chi connectivity index (χ1) is 6.72. The van der Waals surface area contributed by atoms with E-state index in [-0.39, 0.29) is 0 Å². The molecule has 3 heteroatoms. The third kappa shape index (κ3) is 3.65. The molecule has 0 saturated heterocycles. The van der Waals surface area contributed by atoms with E-state index in [1.54, 1.807) is 0 Å². The van der Waals surface area contributed by atoms with Gasteiger partial charge in [-0.2, -0.15) is 5.26 Å². The van der Waals surface area contributed by atoms with E-state index in [0.29, 0.717) is 5.41 Å². The van der Waals surface area contributed by atoms with Crippen molar-refractivity contribution in [2.24, 2.45) is 5.41 Å². The van der Waals surface area contributed by atoms with E-state index in [1.165, 1.54) is 12.8 Å². The minimum absolute atomic E-state index is 0.347. The lowest BCUT2D eigenvalue weighted by atomic mass is 10.0. The first kappa shape index (κ1) is 11.5. The molecule has 0 aromatic heterocycles. The van der Waals surface area contributed by atoms with Crippen LogP contribution < -0.4 is 5.32 Å². The van der Waals surface area contributed by atoms with Crippen LogP contribution in [0.15, 0.2) is 0 Å². The molecule has 0 aromatic carbocycles. The number of likely N-dealkylation sites (N-methyl/N-ethyl adjacent to an activating group) is 1. The van der Waals surface area contributed by atoms with Crippen molar-refractivity contribution in [3.63, 3.8) is 0 Å². The summed E-state index contributed by atoms with van der Waals surface area (Å²) in [4.78, 5) is 2.29. The molecule has 1 saturated carbocycles. The predicted octanol–water partition coefficient (Wildman–Crippen LogP) is 1.22. The van der Waals surface area contributed by atoms with Crippen molar-refractivity contribution >= 4 is 0 Å². The van der Waals surface area contributed by atoms with Crippen molar-refractivity contribution in [1.82, 2.24) is 10.2 Å². The van der Waals surface area contributed by atoms with E-state index in [1.807, 2.05) is 0 Å². The van der Waals surface area contributed by atoms with Crippen LogP contribution in [0, 0.1) is 16.7 Å². The van der Waals surface area contributed by atoms with Crippen molar-refractivity contribution in [3.8, 4) is 6.07 Å². The van der Waals surface area contributed by atoms with E-state index >= 15 is 0 Å². The lowest BCUT2D eigenvalue weighted by Gasteiger charge is -2.16. The highest BCUT2D eigenvalue weighted by molar-refractivity contribution is 5.00. The van der Waals surface area contributed by atoms with Gasteiger partial charge in [0.15, 0.2) is 0 Å². The summed E-state index contributed by atoms with van der Waals surface area (Å²) in [5.74, 6) is 0. The van der Waals surface area contributed by atoms with Crippen molar-refractivity contribution < 1.29 is 0 Å². The molecule has 0 amide bonds. The van der Waals surface area contributed by atoms with Gasteiger partial charge in [0.2, 0.25) is 0 Å². The molecular formula is C11H21N3. The fourth-order valence-corrected chi connectivity index (χ4v) is 1.54. The Bertz CT molecular complexity index is 203. The van der Waals surface area contributed by atoms with E-state index in [4.69, 9.17) is 5.26 Å². The van der Waals surface area contributed by atoms with Gasteiger partial charge in [0.05, 0.1) is 6.07 Å². The average Bonchev–Trinajstić information content (AvgIpc) is 2.93. The minimum atomic E-state index is 0.347. The normalized spacial score (nSPS) is 18.1. The van der Waals surface area contributed by atoms with Crippen LogP contribution in [-0.4, -0.2) is 38.1 Å². The van der Waals surface area contributed by atoms with Crippen LogP contribution in [0.1, 0.15) is 26.2 Å². The molecule has 14 heavy (non-hydrogen) atoms. The van der Waals surface area contributed by atoms with Gasteiger partial charge in [-0.25, -0.2) is 0 Å². The van der Waals surface area contributed by atoms with E-state index in [2.05, 4.69) is 30.3 Å². The molecule has 0 aromatic rings. The van der Waals surface area contributed by atoms with Crippen molar-refractivity contribution in [1.29, 1.82) is 5.26 Å². The fourth-order valence-electron chi connectivity index (χ4n) is 1.54. The molecule has 1 N–H and O–H groups in total. The Kier molecular flexibility index (Phi) is 4.37. The molecule has 0 unspecified atom stereocenters. The molecule has 80 valence electrons. The molecule has 0 radical (unpaired) electrons. The Labute approximate surface area is 87.1 Å². The number of nitrogens with one attached hydrogen (secondary N) is 1. The van der Waals surface area contributed by atoms with Gasteiger partial charge in [0, 0.05) is 26.1 Å². The minimum Gasteiger partial charge on any atom is -0.315 e. The molecule has 0 bridgehead atoms. The molecule has 1 rings (SSSR count). The Balaban J connectivity index is 2.02. The smallest absolute Gasteiger partial charge is 0.0628 e. The van der Waals surface area contributed by atoms with E-state index in [9.17, 15) is 0 Å². The number of hydrogen-bond donors (Lipinski definition) is 1. The summed E-state index contributed by atoms with van der Waals surface area (Å²) < 4.78 is 0. The van der Waals surface area contributed by atoms with Gasteiger partial charge >= 0.3 is 0 Å².